The molecule has 0 saturated carbocycles. The van der Waals surface area contributed by atoms with E-state index in [0.29, 0.717) is 16.8 Å². The summed E-state index contributed by atoms with van der Waals surface area (Å²) in [6.45, 7) is 6.54. The molecule has 0 bridgehead atoms. The number of anilines is 2. The summed E-state index contributed by atoms with van der Waals surface area (Å²) in [5.74, 6) is -2.59. The Morgan fingerprint density at radius 3 is 2.12 bits per heavy atom. The van der Waals surface area contributed by atoms with Gasteiger partial charge in [0, 0.05) is 21.7 Å². The van der Waals surface area contributed by atoms with Crippen LogP contribution in [0.1, 0.15) is 25.5 Å². The van der Waals surface area contributed by atoms with Crippen LogP contribution in [-0.2, 0) is 9.59 Å². The lowest BCUT2D eigenvalue weighted by atomic mass is 9.95. The summed E-state index contributed by atoms with van der Waals surface area (Å²) < 4.78 is 69.7. The number of aryl methyl sites for hydroxylation is 1. The van der Waals surface area contributed by atoms with Gasteiger partial charge >= 0.3 is 24.3 Å². The second kappa shape index (κ2) is 16.3. The number of ether oxygens (including phenoxy) is 1. The van der Waals surface area contributed by atoms with Crippen LogP contribution in [0.15, 0.2) is 52.9 Å². The van der Waals surface area contributed by atoms with Crippen LogP contribution in [-0.4, -0.2) is 62.8 Å². The van der Waals surface area contributed by atoms with Crippen molar-refractivity contribution in [3.8, 4) is 11.5 Å². The Kier molecular flexibility index (Phi) is 13.5. The van der Waals surface area contributed by atoms with Crippen molar-refractivity contribution in [3.63, 3.8) is 0 Å². The van der Waals surface area contributed by atoms with E-state index < -0.39 is 24.3 Å². The van der Waals surface area contributed by atoms with Crippen LogP contribution < -0.4 is 15.4 Å². The van der Waals surface area contributed by atoms with Crippen LogP contribution in [0.5, 0.6) is 11.5 Å². The molecule has 236 valence electrons. The molecule has 9 nitrogen and oxygen atoms in total. The number of aliphatic carboxylic acids is 2. The zero-order valence-corrected chi connectivity index (χ0v) is 24.3. The average molecular weight is 655 g/mol. The van der Waals surface area contributed by atoms with Gasteiger partial charge in [-0.3, -0.25) is 0 Å². The second-order valence-corrected chi connectivity index (χ2v) is 11.2. The van der Waals surface area contributed by atoms with Gasteiger partial charge in [-0.25, -0.2) is 19.6 Å². The molecule has 1 aromatic carbocycles. The highest BCUT2D eigenvalue weighted by Gasteiger charge is 2.38. The Balaban J connectivity index is 0.000000384. The number of rotatable bonds is 7. The predicted molar refractivity (Wildman–Crippen MR) is 149 cm³/mol. The maximum Gasteiger partial charge on any atom is 0.490 e. The number of carbonyl (C=O) groups is 2. The summed E-state index contributed by atoms with van der Waals surface area (Å²) in [7, 11) is 0. The third-order valence-corrected chi connectivity index (χ3v) is 7.63. The van der Waals surface area contributed by atoms with Crippen molar-refractivity contribution in [3.05, 3.63) is 53.7 Å². The van der Waals surface area contributed by atoms with Crippen molar-refractivity contribution in [1.29, 1.82) is 0 Å². The number of pyridine rings is 1. The van der Waals surface area contributed by atoms with Crippen LogP contribution >= 0.6 is 23.1 Å². The van der Waals surface area contributed by atoms with Crippen LogP contribution in [0.4, 0.5) is 37.3 Å². The van der Waals surface area contributed by atoms with E-state index in [-0.39, 0.29) is 0 Å². The Labute approximate surface area is 250 Å². The Bertz CT molecular complexity index is 1300. The lowest BCUT2D eigenvalue weighted by Gasteiger charge is -2.27. The van der Waals surface area contributed by atoms with E-state index in [9.17, 15) is 26.3 Å². The molecular weight excluding hydrogens is 626 g/mol. The number of halogens is 6. The van der Waals surface area contributed by atoms with Gasteiger partial charge in [0.15, 0.2) is 16.7 Å². The summed E-state index contributed by atoms with van der Waals surface area (Å²) in [5.41, 5.74) is 0.992. The van der Waals surface area contributed by atoms with Crippen LogP contribution in [0.3, 0.4) is 0 Å². The molecule has 0 aliphatic carbocycles. The van der Waals surface area contributed by atoms with Gasteiger partial charge in [-0.15, -0.1) is 23.1 Å². The van der Waals surface area contributed by atoms with Gasteiger partial charge < -0.3 is 25.6 Å². The zero-order chi connectivity index (χ0) is 32.2. The number of hydrogen-bond acceptors (Lipinski definition) is 9. The van der Waals surface area contributed by atoms with Crippen molar-refractivity contribution in [2.75, 3.05) is 18.4 Å². The fourth-order valence-electron chi connectivity index (χ4n) is 3.42. The van der Waals surface area contributed by atoms with E-state index in [1.54, 1.807) is 11.3 Å². The van der Waals surface area contributed by atoms with Crippen molar-refractivity contribution in [2.45, 2.75) is 49.2 Å². The summed E-state index contributed by atoms with van der Waals surface area (Å²) in [6, 6.07) is 11.9. The average Bonchev–Trinajstić information content (AvgIpc) is 3.35. The van der Waals surface area contributed by atoms with Crippen LogP contribution in [0.2, 0.25) is 0 Å². The number of hydrogen-bond donors (Lipinski definition) is 4. The minimum absolute atomic E-state index is 0.545. The fourth-order valence-corrected chi connectivity index (χ4v) is 5.29. The Morgan fingerprint density at radius 1 is 1.07 bits per heavy atom. The zero-order valence-electron chi connectivity index (χ0n) is 22.7. The number of carboxylic acid groups (broad SMARTS) is 2. The largest absolute Gasteiger partial charge is 0.490 e. The molecule has 0 radical (unpaired) electrons. The first kappa shape index (κ1) is 35.6. The Hall–Kier alpha value is -3.57. The standard InChI is InChI=1S/C22H26N4OS2.2C2HF3O2/c1-15-14-28-22(25-15)26-21-20(27-18-6-4-3-5-7-18)12-19(13-24-21)29-16(2)17-8-10-23-11-9-17;2*3-2(4,5)1(6)7/h3-7,12-14,16-17,23H,8-11H2,1-2H3,(H,24,25,26);2*(H,6,7). The molecule has 0 amide bonds. The summed E-state index contributed by atoms with van der Waals surface area (Å²) in [5, 5.41) is 24.4. The number of alkyl halides is 6. The van der Waals surface area contributed by atoms with Crippen LogP contribution in [0, 0.1) is 12.8 Å². The lowest BCUT2D eigenvalue weighted by Crippen LogP contribution is -2.31. The molecule has 1 saturated heterocycles. The number of carboxylic acids is 2. The molecule has 1 aliphatic rings. The molecule has 1 atom stereocenters. The van der Waals surface area contributed by atoms with Gasteiger partial charge in [0.05, 0.1) is 5.69 Å². The number of para-hydroxylation sites is 1. The molecule has 3 aromatic rings. The van der Waals surface area contributed by atoms with Gasteiger partial charge in [0.2, 0.25) is 0 Å². The van der Waals surface area contributed by atoms with E-state index in [2.05, 4.69) is 33.6 Å². The predicted octanol–water partition coefficient (Wildman–Crippen LogP) is 7.13. The van der Waals surface area contributed by atoms with E-state index in [4.69, 9.17) is 24.5 Å². The molecule has 1 unspecified atom stereocenters. The van der Waals surface area contributed by atoms with Crippen LogP contribution in [0.25, 0.3) is 0 Å². The first-order chi connectivity index (χ1) is 20.1. The third-order valence-electron chi connectivity index (χ3n) is 5.50. The monoisotopic (exact) mass is 654 g/mol. The van der Waals surface area contributed by atoms with Crippen molar-refractivity contribution >= 4 is 46.0 Å². The number of nitrogens with zero attached hydrogens (tertiary/aromatic N) is 2. The molecule has 43 heavy (non-hydrogen) atoms. The number of benzene rings is 1. The molecule has 3 heterocycles. The van der Waals surface area contributed by atoms with E-state index >= 15 is 0 Å². The van der Waals surface area contributed by atoms with E-state index in [1.807, 2.05) is 60.6 Å². The first-order valence-corrected chi connectivity index (χ1v) is 14.2. The highest BCUT2D eigenvalue weighted by atomic mass is 32.2. The quantitative estimate of drug-likeness (QED) is 0.154. The summed E-state index contributed by atoms with van der Waals surface area (Å²) >= 11 is 3.45. The molecule has 1 fully saturated rings. The lowest BCUT2D eigenvalue weighted by molar-refractivity contribution is -0.193. The Morgan fingerprint density at radius 2 is 1.63 bits per heavy atom. The fraction of sp³-hybridized carbons (Fsp3) is 0.385. The van der Waals surface area contributed by atoms with Gasteiger partial charge in [-0.2, -0.15) is 26.3 Å². The van der Waals surface area contributed by atoms with Crippen molar-refractivity contribution < 1.29 is 50.9 Å². The van der Waals surface area contributed by atoms with E-state index in [1.165, 1.54) is 12.8 Å². The number of nitrogens with one attached hydrogen (secondary N) is 2. The molecule has 2 aromatic heterocycles. The smallest absolute Gasteiger partial charge is 0.475 e. The first-order valence-electron chi connectivity index (χ1n) is 12.5. The minimum atomic E-state index is -5.08. The third kappa shape index (κ3) is 13.1. The van der Waals surface area contributed by atoms with Crippen molar-refractivity contribution in [2.24, 2.45) is 5.92 Å². The van der Waals surface area contributed by atoms with Gasteiger partial charge in [0.1, 0.15) is 5.75 Å². The van der Waals surface area contributed by atoms with Gasteiger partial charge in [0.25, 0.3) is 0 Å². The normalized spacial score (nSPS) is 14.3. The number of thioether (sulfide) groups is 1. The molecular formula is C26H28F6N4O5S2. The molecule has 4 N–H and O–H groups in total. The number of aromatic nitrogens is 2. The molecule has 17 heteroatoms. The highest BCUT2D eigenvalue weighted by Crippen LogP contribution is 2.37. The number of thiazole rings is 1. The molecule has 0 spiro atoms. The topological polar surface area (TPSA) is 134 Å². The summed E-state index contributed by atoms with van der Waals surface area (Å²) in [4.78, 5) is 28.1. The number of piperidine rings is 1. The molecule has 4 rings (SSSR count). The molecule has 1 aliphatic heterocycles. The van der Waals surface area contributed by atoms with E-state index in [0.717, 1.165) is 40.5 Å². The van der Waals surface area contributed by atoms with Crippen molar-refractivity contribution in [1.82, 2.24) is 15.3 Å². The minimum Gasteiger partial charge on any atom is -0.475 e. The highest BCUT2D eigenvalue weighted by molar-refractivity contribution is 8.00. The summed E-state index contributed by atoms with van der Waals surface area (Å²) in [6.07, 6.45) is -5.76. The SMILES string of the molecule is Cc1csc(Nc2ncc(SC(C)C3CCNCC3)cc2Oc2ccccc2)n1.O=C(O)C(F)(F)F.O=C(O)C(F)(F)F. The maximum atomic E-state index is 10.6. The second-order valence-electron chi connectivity index (χ2n) is 8.87. The maximum absolute atomic E-state index is 10.6. The van der Waals surface area contributed by atoms with Gasteiger partial charge in [-0.1, -0.05) is 25.1 Å². The van der Waals surface area contributed by atoms with Gasteiger partial charge in [-0.05, 0) is 57.0 Å².